The van der Waals surface area contributed by atoms with Crippen LogP contribution in [0.15, 0.2) is 18.5 Å². The van der Waals surface area contributed by atoms with E-state index in [2.05, 4.69) is 10.2 Å². The Morgan fingerprint density at radius 1 is 1.62 bits per heavy atom. The van der Waals surface area contributed by atoms with Gasteiger partial charge in [-0.25, -0.2) is 0 Å². The van der Waals surface area contributed by atoms with Crippen molar-refractivity contribution in [2.45, 2.75) is 6.04 Å². The van der Waals surface area contributed by atoms with Crippen molar-refractivity contribution in [1.82, 2.24) is 15.1 Å². The molecule has 0 bridgehead atoms. The maximum absolute atomic E-state index is 12.1. The van der Waals surface area contributed by atoms with Crippen LogP contribution in [0.3, 0.4) is 0 Å². The Morgan fingerprint density at radius 2 is 2.50 bits per heavy atom. The molecular formula is C10H14N4O2. The van der Waals surface area contributed by atoms with E-state index < -0.39 is 0 Å². The summed E-state index contributed by atoms with van der Waals surface area (Å²) in [5.41, 5.74) is 6.15. The molecule has 6 heteroatoms. The van der Waals surface area contributed by atoms with Gasteiger partial charge in [0.15, 0.2) is 0 Å². The lowest BCUT2D eigenvalue weighted by Crippen LogP contribution is -2.52. The van der Waals surface area contributed by atoms with Crippen molar-refractivity contribution in [3.05, 3.63) is 24.0 Å². The number of hydrogen-bond acceptors (Lipinski definition) is 5. The molecule has 2 rings (SSSR count). The summed E-state index contributed by atoms with van der Waals surface area (Å²) in [5, 5.41) is 7.33. The molecule has 1 unspecified atom stereocenters. The normalized spacial score (nSPS) is 20.8. The molecule has 1 amide bonds. The summed E-state index contributed by atoms with van der Waals surface area (Å²) in [4.78, 5) is 13.9. The van der Waals surface area contributed by atoms with Crippen molar-refractivity contribution >= 4 is 5.91 Å². The maximum Gasteiger partial charge on any atom is 0.255 e. The predicted octanol–water partition coefficient (Wildman–Crippen LogP) is -0.724. The van der Waals surface area contributed by atoms with Gasteiger partial charge in [0.1, 0.15) is 0 Å². The van der Waals surface area contributed by atoms with E-state index in [1.165, 1.54) is 12.4 Å². The molecule has 0 aromatic carbocycles. The number of nitrogens with zero attached hydrogens (tertiary/aromatic N) is 3. The lowest BCUT2D eigenvalue weighted by molar-refractivity contribution is 0.000806. The first-order valence-corrected chi connectivity index (χ1v) is 5.18. The van der Waals surface area contributed by atoms with E-state index in [9.17, 15) is 4.79 Å². The summed E-state index contributed by atoms with van der Waals surface area (Å²) < 4.78 is 5.29. The number of hydrogen-bond donors (Lipinski definition) is 1. The Bertz CT molecular complexity index is 357. The summed E-state index contributed by atoms with van der Waals surface area (Å²) in [6, 6.07) is 1.60. The summed E-state index contributed by atoms with van der Waals surface area (Å²) in [6.45, 7) is 2.04. The lowest BCUT2D eigenvalue weighted by atomic mass is 10.2. The zero-order chi connectivity index (χ0) is 11.4. The average molecular weight is 222 g/mol. The van der Waals surface area contributed by atoms with E-state index in [0.717, 1.165) is 0 Å². The first kappa shape index (κ1) is 11.0. The zero-order valence-corrected chi connectivity index (χ0v) is 8.87. The standard InChI is InChI=1S/C10H14N4O2/c11-5-9-7-16-4-3-14(9)10(15)8-1-2-12-13-6-8/h1-2,6,9H,3-5,7,11H2. The van der Waals surface area contributed by atoms with E-state index >= 15 is 0 Å². The molecule has 1 fully saturated rings. The monoisotopic (exact) mass is 222 g/mol. The molecule has 0 radical (unpaired) electrons. The Hall–Kier alpha value is -1.53. The second kappa shape index (κ2) is 5.00. The lowest BCUT2D eigenvalue weighted by Gasteiger charge is -2.34. The number of amides is 1. The van der Waals surface area contributed by atoms with Crippen molar-refractivity contribution < 1.29 is 9.53 Å². The molecule has 86 valence electrons. The maximum atomic E-state index is 12.1. The second-order valence-electron chi connectivity index (χ2n) is 3.59. The summed E-state index contributed by atoms with van der Waals surface area (Å²) in [7, 11) is 0. The van der Waals surface area contributed by atoms with E-state index in [1.807, 2.05) is 0 Å². The van der Waals surface area contributed by atoms with Gasteiger partial charge < -0.3 is 15.4 Å². The first-order chi connectivity index (χ1) is 7.83. The van der Waals surface area contributed by atoms with Crippen LogP contribution >= 0.6 is 0 Å². The number of aromatic nitrogens is 2. The minimum atomic E-state index is -0.0614. The highest BCUT2D eigenvalue weighted by atomic mass is 16.5. The molecule has 1 atom stereocenters. The van der Waals surface area contributed by atoms with Crippen LogP contribution in [0.1, 0.15) is 10.4 Å². The fraction of sp³-hybridized carbons (Fsp3) is 0.500. The van der Waals surface area contributed by atoms with Gasteiger partial charge in [-0.2, -0.15) is 10.2 Å². The highest BCUT2D eigenvalue weighted by Crippen LogP contribution is 2.10. The summed E-state index contributed by atoms with van der Waals surface area (Å²) >= 11 is 0. The van der Waals surface area contributed by atoms with Gasteiger partial charge in [0.25, 0.3) is 5.91 Å². The van der Waals surface area contributed by atoms with Crippen LogP contribution < -0.4 is 5.73 Å². The summed E-state index contributed by atoms with van der Waals surface area (Å²) in [5.74, 6) is -0.0614. The molecule has 2 heterocycles. The van der Waals surface area contributed by atoms with E-state index in [-0.39, 0.29) is 11.9 Å². The smallest absolute Gasteiger partial charge is 0.255 e. The quantitative estimate of drug-likeness (QED) is 0.714. The molecule has 2 N–H and O–H groups in total. The van der Waals surface area contributed by atoms with Crippen LogP contribution in [-0.4, -0.2) is 53.3 Å². The third-order valence-corrected chi connectivity index (χ3v) is 2.59. The van der Waals surface area contributed by atoms with Crippen LogP contribution in [0.5, 0.6) is 0 Å². The van der Waals surface area contributed by atoms with Crippen molar-refractivity contribution in [2.75, 3.05) is 26.3 Å². The molecule has 16 heavy (non-hydrogen) atoms. The third kappa shape index (κ3) is 2.17. The molecule has 0 spiro atoms. The van der Waals surface area contributed by atoms with Gasteiger partial charge in [-0.1, -0.05) is 0 Å². The van der Waals surface area contributed by atoms with Crippen LogP contribution in [0, 0.1) is 0 Å². The number of rotatable bonds is 2. The van der Waals surface area contributed by atoms with E-state index in [0.29, 0.717) is 31.9 Å². The predicted molar refractivity (Wildman–Crippen MR) is 56.7 cm³/mol. The number of ether oxygens (including phenoxy) is 1. The number of carbonyl (C=O) groups excluding carboxylic acids is 1. The van der Waals surface area contributed by atoms with Crippen LogP contribution in [-0.2, 0) is 4.74 Å². The second-order valence-corrected chi connectivity index (χ2v) is 3.59. The number of nitrogens with two attached hydrogens (primary N) is 1. The van der Waals surface area contributed by atoms with Gasteiger partial charge in [-0.3, -0.25) is 4.79 Å². The van der Waals surface area contributed by atoms with Gasteiger partial charge in [-0.15, -0.1) is 0 Å². The molecule has 1 saturated heterocycles. The largest absolute Gasteiger partial charge is 0.377 e. The zero-order valence-electron chi connectivity index (χ0n) is 8.87. The van der Waals surface area contributed by atoms with Crippen molar-refractivity contribution in [2.24, 2.45) is 5.73 Å². The highest BCUT2D eigenvalue weighted by Gasteiger charge is 2.26. The highest BCUT2D eigenvalue weighted by molar-refractivity contribution is 5.94. The summed E-state index contributed by atoms with van der Waals surface area (Å²) in [6.07, 6.45) is 2.97. The molecular weight excluding hydrogens is 208 g/mol. The molecule has 1 aliphatic heterocycles. The SMILES string of the molecule is NCC1COCCN1C(=O)c1ccnnc1. The van der Waals surface area contributed by atoms with Crippen LogP contribution in [0.2, 0.25) is 0 Å². The van der Waals surface area contributed by atoms with Crippen LogP contribution in [0.25, 0.3) is 0 Å². The fourth-order valence-electron chi connectivity index (χ4n) is 1.70. The van der Waals surface area contributed by atoms with E-state index in [1.54, 1.807) is 11.0 Å². The molecule has 0 aliphatic carbocycles. The first-order valence-electron chi connectivity index (χ1n) is 5.18. The number of carbonyl (C=O) groups is 1. The Kier molecular flexibility index (Phi) is 3.43. The average Bonchev–Trinajstić information content (AvgIpc) is 2.39. The Labute approximate surface area is 93.4 Å². The van der Waals surface area contributed by atoms with Gasteiger partial charge in [-0.05, 0) is 6.07 Å². The minimum absolute atomic E-state index is 0.0468. The molecule has 1 aromatic rings. The Morgan fingerprint density at radius 3 is 3.19 bits per heavy atom. The topological polar surface area (TPSA) is 81.3 Å². The van der Waals surface area contributed by atoms with Gasteiger partial charge >= 0.3 is 0 Å². The van der Waals surface area contributed by atoms with Gasteiger partial charge in [0, 0.05) is 13.1 Å². The van der Waals surface area contributed by atoms with Crippen molar-refractivity contribution in [3.8, 4) is 0 Å². The molecule has 1 aromatic heterocycles. The van der Waals surface area contributed by atoms with E-state index in [4.69, 9.17) is 10.5 Å². The van der Waals surface area contributed by atoms with Gasteiger partial charge in [0.05, 0.1) is 37.2 Å². The molecule has 0 saturated carbocycles. The minimum Gasteiger partial charge on any atom is -0.377 e. The third-order valence-electron chi connectivity index (χ3n) is 2.59. The number of morpholine rings is 1. The molecule has 1 aliphatic rings. The van der Waals surface area contributed by atoms with Crippen molar-refractivity contribution in [1.29, 1.82) is 0 Å². The van der Waals surface area contributed by atoms with Crippen LogP contribution in [0.4, 0.5) is 0 Å². The van der Waals surface area contributed by atoms with Gasteiger partial charge in [0.2, 0.25) is 0 Å². The fourth-order valence-corrected chi connectivity index (χ4v) is 1.70. The molecule has 6 nitrogen and oxygen atoms in total. The Balaban J connectivity index is 2.14. The van der Waals surface area contributed by atoms with Crippen molar-refractivity contribution in [3.63, 3.8) is 0 Å².